The van der Waals surface area contributed by atoms with Crippen molar-refractivity contribution >= 4 is 17.7 Å². The van der Waals surface area contributed by atoms with Gasteiger partial charge in [-0.3, -0.25) is 14.4 Å². The van der Waals surface area contributed by atoms with Crippen molar-refractivity contribution in [3.63, 3.8) is 0 Å². The third kappa shape index (κ3) is 4.91. The number of amides is 1. The summed E-state index contributed by atoms with van der Waals surface area (Å²) in [5, 5.41) is 0. The van der Waals surface area contributed by atoms with Gasteiger partial charge in [-0.15, -0.1) is 0 Å². The van der Waals surface area contributed by atoms with E-state index in [2.05, 4.69) is 0 Å². The Bertz CT molecular complexity index is 935. The van der Waals surface area contributed by atoms with Gasteiger partial charge in [0.05, 0.1) is 0 Å². The number of halogens is 1. The lowest BCUT2D eigenvalue weighted by Crippen LogP contribution is -2.36. The van der Waals surface area contributed by atoms with Crippen LogP contribution in [0.25, 0.3) is 5.69 Å². The minimum atomic E-state index is -0.590. The highest BCUT2D eigenvalue weighted by Crippen LogP contribution is 2.22. The first-order valence-corrected chi connectivity index (χ1v) is 9.78. The molecule has 0 bridgehead atoms. The van der Waals surface area contributed by atoms with Crippen LogP contribution < -0.4 is 0 Å². The molecule has 0 saturated carbocycles. The molecule has 1 amide bonds. The van der Waals surface area contributed by atoms with Gasteiger partial charge in [-0.05, 0) is 51.0 Å². The van der Waals surface area contributed by atoms with E-state index >= 15 is 0 Å². The second kappa shape index (κ2) is 9.03. The van der Waals surface area contributed by atoms with Gasteiger partial charge < -0.3 is 14.2 Å². The predicted octanol–water partition coefficient (Wildman–Crippen LogP) is 3.36. The van der Waals surface area contributed by atoms with Crippen LogP contribution in [0.3, 0.4) is 0 Å². The quantitative estimate of drug-likeness (QED) is 0.551. The predicted molar refractivity (Wildman–Crippen MR) is 106 cm³/mol. The van der Waals surface area contributed by atoms with Crippen LogP contribution in [0.4, 0.5) is 4.39 Å². The Morgan fingerprint density at radius 1 is 1.14 bits per heavy atom. The fourth-order valence-electron chi connectivity index (χ4n) is 3.69. The lowest BCUT2D eigenvalue weighted by Gasteiger charge is -2.19. The number of ketones is 1. The smallest absolute Gasteiger partial charge is 0.326 e. The highest BCUT2D eigenvalue weighted by atomic mass is 19.1. The first-order chi connectivity index (χ1) is 13.9. The number of hydrogen-bond donors (Lipinski definition) is 0. The van der Waals surface area contributed by atoms with E-state index in [1.54, 1.807) is 29.7 Å². The second-order valence-corrected chi connectivity index (χ2v) is 7.31. The van der Waals surface area contributed by atoms with Crippen LogP contribution in [0, 0.1) is 19.7 Å². The van der Waals surface area contributed by atoms with Crippen LogP contribution in [0.15, 0.2) is 30.3 Å². The highest BCUT2D eigenvalue weighted by molar-refractivity contribution is 5.99. The molecule has 1 saturated heterocycles. The summed E-state index contributed by atoms with van der Waals surface area (Å²) in [6, 6.07) is 7.83. The van der Waals surface area contributed by atoms with Crippen LogP contribution in [0.2, 0.25) is 0 Å². The molecule has 1 aromatic carbocycles. The van der Waals surface area contributed by atoms with Gasteiger partial charge in [-0.25, -0.2) is 4.39 Å². The van der Waals surface area contributed by atoms with Crippen LogP contribution in [-0.4, -0.2) is 46.8 Å². The Balaban J connectivity index is 1.64. The van der Waals surface area contributed by atoms with Crippen molar-refractivity contribution < 1.29 is 23.5 Å². The number of ether oxygens (including phenoxy) is 1. The second-order valence-electron chi connectivity index (χ2n) is 7.31. The van der Waals surface area contributed by atoms with Crippen LogP contribution in [-0.2, 0) is 14.3 Å². The molecule has 1 aliphatic heterocycles. The van der Waals surface area contributed by atoms with Crippen LogP contribution >= 0.6 is 0 Å². The van der Waals surface area contributed by atoms with E-state index in [-0.39, 0.29) is 24.1 Å². The summed E-state index contributed by atoms with van der Waals surface area (Å²) in [6.07, 6.45) is 3.11. The molecule has 2 heterocycles. The standard InChI is InChI=1S/C22H25FN2O4/c1-15-11-19(16(2)25(15)18-8-6-7-17(23)12-18)20(26)14-29-22(28)13-24-10-5-3-4-9-21(24)27/h6-8,11-12H,3-5,9-10,13-14H2,1-2H3. The van der Waals surface area contributed by atoms with Crippen molar-refractivity contribution in [2.75, 3.05) is 19.7 Å². The van der Waals surface area contributed by atoms with Crippen LogP contribution in [0.1, 0.15) is 47.4 Å². The summed E-state index contributed by atoms with van der Waals surface area (Å²) in [4.78, 5) is 38.2. The van der Waals surface area contributed by atoms with Gasteiger partial charge in [0, 0.05) is 35.6 Å². The lowest BCUT2D eigenvalue weighted by molar-refractivity contribution is -0.148. The van der Waals surface area contributed by atoms with E-state index in [0.717, 1.165) is 25.0 Å². The molecule has 0 unspecified atom stereocenters. The first-order valence-electron chi connectivity index (χ1n) is 9.78. The Morgan fingerprint density at radius 2 is 1.93 bits per heavy atom. The maximum atomic E-state index is 13.6. The third-order valence-corrected chi connectivity index (χ3v) is 5.15. The van der Waals surface area contributed by atoms with E-state index < -0.39 is 12.6 Å². The maximum Gasteiger partial charge on any atom is 0.326 e. The molecule has 1 aliphatic rings. The van der Waals surface area contributed by atoms with Gasteiger partial charge in [0.25, 0.3) is 0 Å². The SMILES string of the molecule is Cc1cc(C(=O)COC(=O)CN2CCCCCC2=O)c(C)n1-c1cccc(F)c1. The lowest BCUT2D eigenvalue weighted by atomic mass is 10.1. The Labute approximate surface area is 169 Å². The number of hydrogen-bond acceptors (Lipinski definition) is 4. The largest absolute Gasteiger partial charge is 0.456 e. The summed E-state index contributed by atoms with van der Waals surface area (Å²) in [6.45, 7) is 3.61. The Hall–Kier alpha value is -2.96. The van der Waals surface area contributed by atoms with Crippen molar-refractivity contribution in [3.8, 4) is 5.69 Å². The van der Waals surface area contributed by atoms with E-state index in [4.69, 9.17) is 4.74 Å². The first kappa shape index (κ1) is 20.8. The zero-order valence-corrected chi connectivity index (χ0v) is 16.7. The van der Waals surface area contributed by atoms with Crippen molar-refractivity contribution in [1.82, 2.24) is 9.47 Å². The van der Waals surface area contributed by atoms with E-state index in [0.29, 0.717) is 29.9 Å². The normalized spacial score (nSPS) is 14.6. The summed E-state index contributed by atoms with van der Waals surface area (Å²) in [7, 11) is 0. The van der Waals surface area contributed by atoms with Crippen molar-refractivity contribution in [2.24, 2.45) is 0 Å². The minimum Gasteiger partial charge on any atom is -0.456 e. The van der Waals surface area contributed by atoms with Gasteiger partial charge in [0.2, 0.25) is 11.7 Å². The molecule has 1 aromatic heterocycles. The van der Waals surface area contributed by atoms with Gasteiger partial charge in [0.1, 0.15) is 12.4 Å². The molecule has 29 heavy (non-hydrogen) atoms. The van der Waals surface area contributed by atoms with Gasteiger partial charge >= 0.3 is 5.97 Å². The van der Waals surface area contributed by atoms with Crippen molar-refractivity contribution in [3.05, 3.63) is 53.1 Å². The molecule has 6 nitrogen and oxygen atoms in total. The molecule has 0 aliphatic carbocycles. The summed E-state index contributed by atoms with van der Waals surface area (Å²) in [5.41, 5.74) is 2.47. The van der Waals surface area contributed by atoms with E-state index in [1.807, 2.05) is 6.92 Å². The van der Waals surface area contributed by atoms with Crippen molar-refractivity contribution in [1.29, 1.82) is 0 Å². The number of carbonyl (C=O) groups is 3. The molecular weight excluding hydrogens is 375 g/mol. The molecule has 2 aromatic rings. The molecule has 7 heteroatoms. The maximum absolute atomic E-state index is 13.6. The zero-order chi connectivity index (χ0) is 21.0. The van der Waals surface area contributed by atoms with Gasteiger partial charge in [-0.2, -0.15) is 0 Å². The number of aryl methyl sites for hydroxylation is 1. The van der Waals surface area contributed by atoms with Crippen molar-refractivity contribution in [2.45, 2.75) is 39.5 Å². The number of aromatic nitrogens is 1. The number of likely N-dealkylation sites (tertiary alicyclic amines) is 1. The number of rotatable bonds is 6. The number of nitrogens with zero attached hydrogens (tertiary/aromatic N) is 2. The Kier molecular flexibility index (Phi) is 6.46. The van der Waals surface area contributed by atoms with Gasteiger partial charge in [0.15, 0.2) is 6.61 Å². The summed E-state index contributed by atoms with van der Waals surface area (Å²) >= 11 is 0. The molecule has 0 atom stereocenters. The molecule has 3 rings (SSSR count). The number of carbonyl (C=O) groups excluding carboxylic acids is 3. The zero-order valence-electron chi connectivity index (χ0n) is 16.7. The average molecular weight is 400 g/mol. The number of benzene rings is 1. The molecular formula is C22H25FN2O4. The van der Waals surface area contributed by atoms with Crippen LogP contribution in [0.5, 0.6) is 0 Å². The number of Topliss-reactive ketones (excluding diaryl/α,β-unsaturated/α-hetero) is 1. The molecule has 1 fully saturated rings. The molecule has 0 N–H and O–H groups in total. The summed E-state index contributed by atoms with van der Waals surface area (Å²) < 4.78 is 20.5. The fraction of sp³-hybridized carbons (Fsp3) is 0.409. The van der Waals surface area contributed by atoms with E-state index in [1.165, 1.54) is 17.0 Å². The molecule has 0 spiro atoms. The monoisotopic (exact) mass is 400 g/mol. The molecule has 154 valence electrons. The minimum absolute atomic E-state index is 0.0515. The third-order valence-electron chi connectivity index (χ3n) is 5.15. The fourth-order valence-corrected chi connectivity index (χ4v) is 3.69. The highest BCUT2D eigenvalue weighted by Gasteiger charge is 2.22. The summed E-state index contributed by atoms with van der Waals surface area (Å²) in [5.74, 6) is -1.34. The van der Waals surface area contributed by atoms with Gasteiger partial charge in [-0.1, -0.05) is 12.5 Å². The van der Waals surface area contributed by atoms with E-state index in [9.17, 15) is 18.8 Å². The Morgan fingerprint density at radius 3 is 2.69 bits per heavy atom. The topological polar surface area (TPSA) is 68.6 Å². The average Bonchev–Trinajstić information content (AvgIpc) is 2.83. The molecule has 0 radical (unpaired) electrons. The number of esters is 1.